The van der Waals surface area contributed by atoms with E-state index >= 15 is 0 Å². The molecule has 1 aliphatic heterocycles. The van der Waals surface area contributed by atoms with Crippen LogP contribution in [0.4, 0.5) is 15.8 Å². The zero-order valence-corrected chi connectivity index (χ0v) is 15.7. The lowest BCUT2D eigenvalue weighted by Crippen LogP contribution is -2.28. The summed E-state index contributed by atoms with van der Waals surface area (Å²) in [6.07, 6.45) is 0.0362. The van der Waals surface area contributed by atoms with Crippen LogP contribution >= 0.6 is 15.9 Å². The van der Waals surface area contributed by atoms with Gasteiger partial charge in [-0.25, -0.2) is 4.39 Å². The van der Waals surface area contributed by atoms with E-state index in [1.54, 1.807) is 12.1 Å². The van der Waals surface area contributed by atoms with E-state index in [-0.39, 0.29) is 18.9 Å². The summed E-state index contributed by atoms with van der Waals surface area (Å²) in [5.74, 6) is -2.35. The van der Waals surface area contributed by atoms with Crippen molar-refractivity contribution in [3.63, 3.8) is 0 Å². The van der Waals surface area contributed by atoms with Crippen LogP contribution in [0.2, 0.25) is 0 Å². The van der Waals surface area contributed by atoms with E-state index in [0.717, 1.165) is 4.47 Å². The number of benzene rings is 2. The van der Waals surface area contributed by atoms with Crippen LogP contribution < -0.4 is 10.2 Å². The van der Waals surface area contributed by atoms with E-state index in [0.29, 0.717) is 11.4 Å². The van der Waals surface area contributed by atoms with Gasteiger partial charge in [-0.15, -0.1) is 0 Å². The predicted molar refractivity (Wildman–Crippen MR) is 101 cm³/mol. The first-order valence-corrected chi connectivity index (χ1v) is 8.99. The Balaban J connectivity index is 1.51. The van der Waals surface area contributed by atoms with Crippen molar-refractivity contribution in [3.8, 4) is 0 Å². The lowest BCUT2D eigenvalue weighted by atomic mass is 10.1. The van der Waals surface area contributed by atoms with Gasteiger partial charge in [-0.1, -0.05) is 15.9 Å². The minimum absolute atomic E-state index is 0.0362. The molecule has 3 rings (SSSR count). The molecular formula is C19H16BrFN2O4. The van der Waals surface area contributed by atoms with Crippen molar-refractivity contribution in [2.45, 2.75) is 6.42 Å². The average molecular weight is 435 g/mol. The third kappa shape index (κ3) is 4.91. The van der Waals surface area contributed by atoms with Crippen LogP contribution in [0.1, 0.15) is 6.42 Å². The molecule has 1 aliphatic rings. The molecule has 0 spiro atoms. The maximum atomic E-state index is 12.8. The van der Waals surface area contributed by atoms with Gasteiger partial charge in [0.15, 0.2) is 6.61 Å². The fourth-order valence-electron chi connectivity index (χ4n) is 2.72. The minimum atomic E-state index is -0.625. The Kier molecular flexibility index (Phi) is 5.85. The Morgan fingerprint density at radius 2 is 1.81 bits per heavy atom. The summed E-state index contributed by atoms with van der Waals surface area (Å²) in [7, 11) is 0. The second-order valence-corrected chi connectivity index (χ2v) is 6.96. The highest BCUT2D eigenvalue weighted by Gasteiger charge is 2.36. The van der Waals surface area contributed by atoms with E-state index in [2.05, 4.69) is 21.2 Å². The summed E-state index contributed by atoms with van der Waals surface area (Å²) >= 11 is 3.33. The first-order valence-electron chi connectivity index (χ1n) is 8.20. The van der Waals surface area contributed by atoms with E-state index in [1.165, 1.54) is 29.2 Å². The largest absolute Gasteiger partial charge is 0.455 e. The van der Waals surface area contributed by atoms with Crippen LogP contribution in [0.25, 0.3) is 0 Å². The summed E-state index contributed by atoms with van der Waals surface area (Å²) in [5.41, 5.74) is 1.10. The van der Waals surface area contributed by atoms with Crippen LogP contribution in [0.15, 0.2) is 53.0 Å². The van der Waals surface area contributed by atoms with Gasteiger partial charge in [0.2, 0.25) is 5.91 Å². The van der Waals surface area contributed by atoms with Crippen molar-refractivity contribution in [2.75, 3.05) is 23.4 Å². The number of anilines is 2. The van der Waals surface area contributed by atoms with Crippen LogP contribution in [-0.2, 0) is 19.1 Å². The topological polar surface area (TPSA) is 75.7 Å². The van der Waals surface area contributed by atoms with Gasteiger partial charge in [-0.2, -0.15) is 0 Å². The Labute approximate surface area is 163 Å². The number of carbonyl (C=O) groups is 3. The smallest absolute Gasteiger partial charge is 0.311 e. The monoisotopic (exact) mass is 434 g/mol. The molecule has 1 heterocycles. The maximum Gasteiger partial charge on any atom is 0.311 e. The highest BCUT2D eigenvalue weighted by atomic mass is 79.9. The molecule has 0 bridgehead atoms. The normalized spacial score (nSPS) is 16.3. The molecule has 1 saturated heterocycles. The van der Waals surface area contributed by atoms with Gasteiger partial charge in [0.25, 0.3) is 5.91 Å². The quantitative estimate of drug-likeness (QED) is 0.733. The Morgan fingerprint density at radius 3 is 2.48 bits per heavy atom. The lowest BCUT2D eigenvalue weighted by Gasteiger charge is -2.16. The fraction of sp³-hybridized carbons (Fsp3) is 0.211. The summed E-state index contributed by atoms with van der Waals surface area (Å²) in [6, 6.07) is 12.4. The number of esters is 1. The summed E-state index contributed by atoms with van der Waals surface area (Å²) in [5, 5.41) is 2.50. The van der Waals surface area contributed by atoms with Gasteiger partial charge in [0, 0.05) is 28.8 Å². The van der Waals surface area contributed by atoms with E-state index in [1.807, 2.05) is 12.1 Å². The molecule has 0 saturated carbocycles. The Bertz CT molecular complexity index is 855. The first kappa shape index (κ1) is 19.0. The number of nitrogens with zero attached hydrogens (tertiary/aromatic N) is 1. The lowest BCUT2D eigenvalue weighted by molar-refractivity contribution is -0.151. The molecule has 8 heteroatoms. The number of carbonyl (C=O) groups excluding carboxylic acids is 3. The second kappa shape index (κ2) is 8.30. The van der Waals surface area contributed by atoms with E-state index in [9.17, 15) is 18.8 Å². The molecule has 6 nitrogen and oxygen atoms in total. The second-order valence-electron chi connectivity index (χ2n) is 6.04. The van der Waals surface area contributed by atoms with Crippen LogP contribution in [-0.4, -0.2) is 30.9 Å². The van der Waals surface area contributed by atoms with Crippen molar-refractivity contribution < 1.29 is 23.5 Å². The third-order valence-corrected chi connectivity index (χ3v) is 4.60. The number of hydrogen-bond acceptors (Lipinski definition) is 4. The van der Waals surface area contributed by atoms with Crippen LogP contribution in [0.5, 0.6) is 0 Å². The average Bonchev–Trinajstić information content (AvgIpc) is 3.04. The van der Waals surface area contributed by atoms with Gasteiger partial charge < -0.3 is 15.0 Å². The van der Waals surface area contributed by atoms with Gasteiger partial charge in [-0.3, -0.25) is 14.4 Å². The number of nitrogens with one attached hydrogen (secondary N) is 1. The van der Waals surface area contributed by atoms with Gasteiger partial charge in [0.1, 0.15) is 5.82 Å². The molecule has 1 N–H and O–H groups in total. The maximum absolute atomic E-state index is 12.8. The molecule has 1 atom stereocenters. The molecule has 0 aliphatic carbocycles. The summed E-state index contributed by atoms with van der Waals surface area (Å²) in [4.78, 5) is 37.7. The molecule has 2 aromatic carbocycles. The number of amides is 2. The van der Waals surface area contributed by atoms with E-state index < -0.39 is 30.2 Å². The molecule has 2 amide bonds. The van der Waals surface area contributed by atoms with Crippen molar-refractivity contribution in [3.05, 3.63) is 58.8 Å². The molecule has 27 heavy (non-hydrogen) atoms. The van der Waals surface area contributed by atoms with Crippen molar-refractivity contribution in [1.82, 2.24) is 0 Å². The summed E-state index contributed by atoms with van der Waals surface area (Å²) < 4.78 is 18.8. The SMILES string of the molecule is O=C(COC(=O)[C@H]1CC(=O)N(c2ccc(Br)cc2)C1)Nc1ccc(F)cc1. The molecule has 0 radical (unpaired) electrons. The fourth-order valence-corrected chi connectivity index (χ4v) is 2.99. The van der Waals surface area contributed by atoms with Gasteiger partial charge >= 0.3 is 5.97 Å². The summed E-state index contributed by atoms with van der Waals surface area (Å²) in [6.45, 7) is -0.266. The molecular weight excluding hydrogens is 419 g/mol. The standard InChI is InChI=1S/C19H16BrFN2O4/c20-13-1-7-16(8-2-13)23-10-12(9-18(23)25)19(26)27-11-17(24)22-15-5-3-14(21)4-6-15/h1-8,12H,9-11H2,(H,22,24)/t12-/m0/s1. The third-order valence-electron chi connectivity index (χ3n) is 4.07. The zero-order valence-electron chi connectivity index (χ0n) is 14.2. The molecule has 2 aromatic rings. The van der Waals surface area contributed by atoms with Gasteiger partial charge in [0.05, 0.1) is 5.92 Å². The molecule has 140 valence electrons. The van der Waals surface area contributed by atoms with Crippen molar-refractivity contribution >= 4 is 45.1 Å². The number of halogens is 2. The zero-order chi connectivity index (χ0) is 19.4. The number of hydrogen-bond donors (Lipinski definition) is 1. The molecule has 0 unspecified atom stereocenters. The van der Waals surface area contributed by atoms with Crippen LogP contribution in [0, 0.1) is 11.7 Å². The minimum Gasteiger partial charge on any atom is -0.455 e. The van der Waals surface area contributed by atoms with Crippen LogP contribution in [0.3, 0.4) is 0 Å². The van der Waals surface area contributed by atoms with Crippen molar-refractivity contribution in [1.29, 1.82) is 0 Å². The predicted octanol–water partition coefficient (Wildman–Crippen LogP) is 3.12. The number of ether oxygens (including phenoxy) is 1. The first-order chi connectivity index (χ1) is 12.9. The molecule has 0 aromatic heterocycles. The van der Waals surface area contributed by atoms with Gasteiger partial charge in [-0.05, 0) is 48.5 Å². The highest BCUT2D eigenvalue weighted by molar-refractivity contribution is 9.10. The number of rotatable bonds is 5. The Morgan fingerprint density at radius 1 is 1.15 bits per heavy atom. The highest BCUT2D eigenvalue weighted by Crippen LogP contribution is 2.27. The van der Waals surface area contributed by atoms with E-state index in [4.69, 9.17) is 4.74 Å². The Hall–Kier alpha value is -2.74. The van der Waals surface area contributed by atoms with Crippen molar-refractivity contribution in [2.24, 2.45) is 5.92 Å². The molecule has 1 fully saturated rings.